The predicted molar refractivity (Wildman–Crippen MR) is 44.7 cm³/mol. The van der Waals surface area contributed by atoms with Gasteiger partial charge in [0.25, 0.3) is 0 Å². The Hall–Kier alpha value is -1.22. The Morgan fingerprint density at radius 2 is 2.00 bits per heavy atom. The minimum Gasteiger partial charge on any atom is -0.388 e. The highest BCUT2D eigenvalue weighted by Crippen LogP contribution is 1.99. The van der Waals surface area contributed by atoms with Gasteiger partial charge in [-0.2, -0.15) is 0 Å². The van der Waals surface area contributed by atoms with Crippen molar-refractivity contribution in [3.63, 3.8) is 0 Å². The molecule has 0 aliphatic carbocycles. The van der Waals surface area contributed by atoms with Crippen molar-refractivity contribution in [3.05, 3.63) is 35.6 Å². The Morgan fingerprint density at radius 1 is 1.42 bits per heavy atom. The molecule has 1 aromatic rings. The molecule has 0 heterocycles. The van der Waals surface area contributed by atoms with Gasteiger partial charge in [-0.25, -0.2) is 4.39 Å². The number of hydrogen-bond donors (Lipinski definition) is 0. The summed E-state index contributed by atoms with van der Waals surface area (Å²) < 4.78 is 16.4. The number of halogens is 1. The van der Waals surface area contributed by atoms with E-state index in [9.17, 15) is 9.18 Å². The van der Waals surface area contributed by atoms with Crippen LogP contribution >= 0.6 is 0 Å². The number of carbonyl (C=O) groups is 1. The van der Waals surface area contributed by atoms with E-state index < -0.39 is 0 Å². The predicted octanol–water partition coefficient (Wildman–Crippen LogP) is 1.90. The number of benzene rings is 1. The molecule has 0 N–H and O–H groups in total. The van der Waals surface area contributed by atoms with Gasteiger partial charge in [-0.3, -0.25) is 4.79 Å². The second kappa shape index (κ2) is 6.49. The van der Waals surface area contributed by atoms with Crippen LogP contribution in [0.15, 0.2) is 24.3 Å². The highest BCUT2D eigenvalue weighted by Gasteiger charge is 1.89. The van der Waals surface area contributed by atoms with Crippen LogP contribution < -0.4 is 0 Å². The quantitative estimate of drug-likeness (QED) is 0.602. The Morgan fingerprint density at radius 3 is 2.33 bits per heavy atom. The van der Waals surface area contributed by atoms with Crippen LogP contribution in [0.1, 0.15) is 10.4 Å². The molecule has 12 heavy (non-hydrogen) atoms. The molecule has 0 bridgehead atoms. The van der Waals surface area contributed by atoms with E-state index in [0.29, 0.717) is 11.8 Å². The number of methoxy groups -OCH3 is 1. The maximum atomic E-state index is 12.2. The van der Waals surface area contributed by atoms with E-state index in [2.05, 4.69) is 4.74 Å². The number of ether oxygens (including phenoxy) is 1. The smallest absolute Gasteiger partial charge is 0.150 e. The lowest BCUT2D eigenvalue weighted by molar-refractivity contribution is 0.112. The highest BCUT2D eigenvalue weighted by atomic mass is 19.1. The minimum absolute atomic E-state index is 0.370. The first kappa shape index (κ1) is 10.8. The van der Waals surface area contributed by atoms with Gasteiger partial charge in [-0.1, -0.05) is 12.1 Å². The van der Waals surface area contributed by atoms with E-state index in [-0.39, 0.29) is 5.82 Å². The summed E-state index contributed by atoms with van der Waals surface area (Å²) in [6.45, 7) is 0. The molecule has 0 unspecified atom stereocenters. The molecule has 0 aliphatic heterocycles. The van der Waals surface area contributed by atoms with Gasteiger partial charge < -0.3 is 4.74 Å². The number of aldehydes is 1. The number of rotatable bonds is 1. The lowest BCUT2D eigenvalue weighted by Gasteiger charge is -1.86. The first-order valence-electron chi connectivity index (χ1n) is 3.35. The maximum absolute atomic E-state index is 12.2. The fourth-order valence-corrected chi connectivity index (χ4v) is 0.580. The summed E-state index contributed by atoms with van der Waals surface area (Å²) in [7, 11) is 3.25. The second-order valence-electron chi connectivity index (χ2n) is 2.08. The molecular weight excluding hydrogens is 159 g/mol. The largest absolute Gasteiger partial charge is 0.388 e. The maximum Gasteiger partial charge on any atom is 0.150 e. The van der Waals surface area contributed by atoms with Gasteiger partial charge in [0.05, 0.1) is 0 Å². The molecule has 3 heteroatoms. The SMILES string of the molecule is COC.O=Cc1cccc(F)c1. The fourth-order valence-electron chi connectivity index (χ4n) is 0.580. The summed E-state index contributed by atoms with van der Waals surface area (Å²) >= 11 is 0. The van der Waals surface area contributed by atoms with Gasteiger partial charge >= 0.3 is 0 Å². The molecule has 2 nitrogen and oxygen atoms in total. The molecule has 0 fully saturated rings. The van der Waals surface area contributed by atoms with Crippen molar-refractivity contribution in [2.45, 2.75) is 0 Å². The highest BCUT2D eigenvalue weighted by molar-refractivity contribution is 5.74. The number of hydrogen-bond acceptors (Lipinski definition) is 2. The average Bonchev–Trinajstić information content (AvgIpc) is 2.06. The van der Waals surface area contributed by atoms with E-state index in [1.165, 1.54) is 18.2 Å². The average molecular weight is 170 g/mol. The lowest BCUT2D eigenvalue weighted by Crippen LogP contribution is -1.79. The van der Waals surface area contributed by atoms with Gasteiger partial charge in [0.2, 0.25) is 0 Å². The molecule has 0 atom stereocenters. The fraction of sp³-hybridized carbons (Fsp3) is 0.222. The Labute approximate surface area is 71.0 Å². The normalized spacial score (nSPS) is 8.25. The third-order valence-corrected chi connectivity index (χ3v) is 0.985. The van der Waals surface area contributed by atoms with Crippen molar-refractivity contribution >= 4 is 6.29 Å². The molecule has 0 aliphatic rings. The van der Waals surface area contributed by atoms with Crippen LogP contribution in [0.4, 0.5) is 4.39 Å². The van der Waals surface area contributed by atoms with E-state index >= 15 is 0 Å². The van der Waals surface area contributed by atoms with Crippen molar-refractivity contribution in [2.75, 3.05) is 14.2 Å². The second-order valence-corrected chi connectivity index (χ2v) is 2.08. The van der Waals surface area contributed by atoms with E-state index in [1.807, 2.05) is 0 Å². The van der Waals surface area contributed by atoms with Crippen LogP contribution in [0.3, 0.4) is 0 Å². The zero-order valence-electron chi connectivity index (χ0n) is 7.08. The summed E-state index contributed by atoms with van der Waals surface area (Å²) in [5.74, 6) is -0.375. The van der Waals surface area contributed by atoms with Crippen molar-refractivity contribution in [1.82, 2.24) is 0 Å². The monoisotopic (exact) mass is 170 g/mol. The molecule has 1 aromatic carbocycles. The van der Waals surface area contributed by atoms with E-state index in [1.54, 1.807) is 20.3 Å². The summed E-state index contributed by atoms with van der Waals surface area (Å²) in [6, 6.07) is 5.54. The molecule has 0 spiro atoms. The zero-order chi connectivity index (χ0) is 9.40. The molecular formula is C9H11FO2. The molecule has 0 radical (unpaired) electrons. The van der Waals surface area contributed by atoms with Gasteiger partial charge in [0.1, 0.15) is 12.1 Å². The molecule has 0 amide bonds. The van der Waals surface area contributed by atoms with Crippen LogP contribution in [0.25, 0.3) is 0 Å². The van der Waals surface area contributed by atoms with Crippen molar-refractivity contribution in [2.24, 2.45) is 0 Å². The molecule has 0 aromatic heterocycles. The first-order valence-corrected chi connectivity index (χ1v) is 3.35. The number of carbonyl (C=O) groups excluding carboxylic acids is 1. The third-order valence-electron chi connectivity index (χ3n) is 0.985. The standard InChI is InChI=1S/C7H5FO.C2H6O/c8-7-3-1-2-6(4-7)5-9;1-3-2/h1-5H;1-2H3. The van der Waals surface area contributed by atoms with Gasteiger partial charge in [0.15, 0.2) is 0 Å². The topological polar surface area (TPSA) is 26.3 Å². The van der Waals surface area contributed by atoms with Gasteiger partial charge in [-0.15, -0.1) is 0 Å². The van der Waals surface area contributed by atoms with Crippen LogP contribution in [0.2, 0.25) is 0 Å². The third kappa shape index (κ3) is 4.57. The summed E-state index contributed by atoms with van der Waals surface area (Å²) in [5, 5.41) is 0. The zero-order valence-corrected chi connectivity index (χ0v) is 7.08. The lowest BCUT2D eigenvalue weighted by atomic mass is 10.2. The summed E-state index contributed by atoms with van der Waals surface area (Å²) in [5.41, 5.74) is 0.370. The van der Waals surface area contributed by atoms with Gasteiger partial charge in [0, 0.05) is 19.8 Å². The summed E-state index contributed by atoms with van der Waals surface area (Å²) in [6.07, 6.45) is 0.614. The molecule has 66 valence electrons. The van der Waals surface area contributed by atoms with Crippen molar-refractivity contribution in [3.8, 4) is 0 Å². The van der Waals surface area contributed by atoms with E-state index in [4.69, 9.17) is 0 Å². The Kier molecular flexibility index (Phi) is 5.83. The Balaban J connectivity index is 0.000000354. The summed E-state index contributed by atoms with van der Waals surface area (Å²) in [4.78, 5) is 9.99. The molecule has 0 saturated heterocycles. The first-order chi connectivity index (χ1) is 5.74. The minimum atomic E-state index is -0.375. The van der Waals surface area contributed by atoms with Crippen LogP contribution in [0.5, 0.6) is 0 Å². The van der Waals surface area contributed by atoms with Crippen molar-refractivity contribution in [1.29, 1.82) is 0 Å². The molecule has 1 rings (SSSR count). The Bertz CT molecular complexity index is 236. The van der Waals surface area contributed by atoms with Crippen LogP contribution in [-0.2, 0) is 4.74 Å². The van der Waals surface area contributed by atoms with Gasteiger partial charge in [-0.05, 0) is 12.1 Å². The van der Waals surface area contributed by atoms with Crippen molar-refractivity contribution < 1.29 is 13.9 Å². The van der Waals surface area contributed by atoms with Crippen LogP contribution in [-0.4, -0.2) is 20.5 Å². The van der Waals surface area contributed by atoms with E-state index in [0.717, 1.165) is 0 Å². The molecule has 0 saturated carbocycles. The van der Waals surface area contributed by atoms with Crippen LogP contribution in [0, 0.1) is 5.82 Å².